The van der Waals surface area contributed by atoms with Crippen LogP contribution in [0.15, 0.2) is 36.4 Å². The fourth-order valence-electron chi connectivity index (χ4n) is 2.82. The van der Waals surface area contributed by atoms with Crippen molar-refractivity contribution >= 4 is 17.8 Å². The average molecular weight is 324 g/mol. The summed E-state index contributed by atoms with van der Waals surface area (Å²) in [6.45, 7) is 8.26. The molecule has 4 nitrogen and oxygen atoms in total. The number of rotatable bonds is 6. The van der Waals surface area contributed by atoms with Gasteiger partial charge in [0.05, 0.1) is 11.3 Å². The number of nitrogens with zero attached hydrogens (tertiary/aromatic N) is 1. The monoisotopic (exact) mass is 324 g/mol. The highest BCUT2D eigenvalue weighted by molar-refractivity contribution is 6.02. The van der Waals surface area contributed by atoms with E-state index in [2.05, 4.69) is 4.98 Å². The van der Waals surface area contributed by atoms with Crippen LogP contribution in [-0.4, -0.2) is 34.7 Å². The van der Waals surface area contributed by atoms with Gasteiger partial charge in [0.2, 0.25) is 0 Å². The topological polar surface area (TPSA) is 53.2 Å². The third-order valence-corrected chi connectivity index (χ3v) is 4.11. The predicted octanol–water partition coefficient (Wildman–Crippen LogP) is 4.01. The zero-order valence-electron chi connectivity index (χ0n) is 14.7. The van der Waals surface area contributed by atoms with Crippen LogP contribution in [0.1, 0.15) is 51.5 Å². The van der Waals surface area contributed by atoms with Crippen molar-refractivity contribution in [3.63, 3.8) is 0 Å². The lowest BCUT2D eigenvalue weighted by molar-refractivity contribution is 0.0781. The van der Waals surface area contributed by atoms with Gasteiger partial charge in [0, 0.05) is 25.7 Å². The van der Waals surface area contributed by atoms with Gasteiger partial charge in [-0.2, -0.15) is 0 Å². The molecule has 126 valence electrons. The van der Waals surface area contributed by atoms with E-state index in [1.807, 2.05) is 63.3 Å². The highest BCUT2D eigenvalue weighted by atomic mass is 16.2. The van der Waals surface area contributed by atoms with Crippen molar-refractivity contribution in [1.29, 1.82) is 0 Å². The number of ketones is 1. The summed E-state index contributed by atoms with van der Waals surface area (Å²) in [5, 5.41) is 0. The second kappa shape index (κ2) is 7.77. The Bertz CT molecular complexity index is 757. The molecule has 1 heterocycles. The number of benzene rings is 1. The molecular weight excluding hydrogens is 300 g/mol. The minimum atomic E-state index is -0.0540. The number of aromatic nitrogens is 1. The number of likely N-dealkylation sites (N-methyl/N-ethyl adjacent to an activating group) is 1. The number of nitrogens with one attached hydrogen (secondary N) is 1. The number of amides is 1. The van der Waals surface area contributed by atoms with Crippen LogP contribution in [0.5, 0.6) is 0 Å². The molecule has 2 rings (SSSR count). The molecule has 0 spiro atoms. The standard InChI is InChI=1S/C20H24N2O2/c1-5-22(13-9-12-17-10-7-6-8-11-17)20(24)18-14(2)19(16(4)23)21-15(18)3/h6-12,21H,5,13H2,1-4H3. The zero-order valence-corrected chi connectivity index (χ0v) is 14.7. The van der Waals surface area contributed by atoms with Gasteiger partial charge in [-0.15, -0.1) is 0 Å². The number of aromatic amines is 1. The predicted molar refractivity (Wildman–Crippen MR) is 97.3 cm³/mol. The maximum absolute atomic E-state index is 12.9. The van der Waals surface area contributed by atoms with E-state index >= 15 is 0 Å². The smallest absolute Gasteiger partial charge is 0.256 e. The number of aryl methyl sites for hydroxylation is 1. The lowest BCUT2D eigenvalue weighted by Crippen LogP contribution is -2.31. The first kappa shape index (κ1) is 17.7. The van der Waals surface area contributed by atoms with Crippen molar-refractivity contribution < 1.29 is 9.59 Å². The van der Waals surface area contributed by atoms with E-state index < -0.39 is 0 Å². The lowest BCUT2D eigenvalue weighted by atomic mass is 10.1. The van der Waals surface area contributed by atoms with Gasteiger partial charge in [-0.25, -0.2) is 0 Å². The molecule has 0 saturated carbocycles. The first-order valence-electron chi connectivity index (χ1n) is 8.16. The highest BCUT2D eigenvalue weighted by Gasteiger charge is 2.23. The molecule has 0 aliphatic rings. The van der Waals surface area contributed by atoms with E-state index in [4.69, 9.17) is 0 Å². The van der Waals surface area contributed by atoms with Crippen molar-refractivity contribution in [3.8, 4) is 0 Å². The van der Waals surface area contributed by atoms with Crippen LogP contribution in [-0.2, 0) is 0 Å². The minimum absolute atomic E-state index is 0.0473. The van der Waals surface area contributed by atoms with Crippen LogP contribution in [0.2, 0.25) is 0 Å². The maximum Gasteiger partial charge on any atom is 0.256 e. The Balaban J connectivity index is 2.17. The molecule has 0 aliphatic carbocycles. The van der Waals surface area contributed by atoms with Crippen molar-refractivity contribution in [2.24, 2.45) is 0 Å². The molecule has 1 amide bonds. The van der Waals surface area contributed by atoms with Gasteiger partial charge < -0.3 is 9.88 Å². The molecule has 0 radical (unpaired) electrons. The molecule has 1 N–H and O–H groups in total. The van der Waals surface area contributed by atoms with Gasteiger partial charge in [0.15, 0.2) is 5.78 Å². The number of carbonyl (C=O) groups is 2. The van der Waals surface area contributed by atoms with E-state index in [9.17, 15) is 9.59 Å². The zero-order chi connectivity index (χ0) is 17.7. The van der Waals surface area contributed by atoms with E-state index in [0.29, 0.717) is 24.3 Å². The number of Topliss-reactive ketones (excluding diaryl/α,β-unsaturated/α-hetero) is 1. The Morgan fingerprint density at radius 1 is 1.17 bits per heavy atom. The Morgan fingerprint density at radius 3 is 2.38 bits per heavy atom. The van der Waals surface area contributed by atoms with Gasteiger partial charge >= 0.3 is 0 Å². The molecule has 2 aromatic rings. The summed E-state index contributed by atoms with van der Waals surface area (Å²) in [7, 11) is 0. The average Bonchev–Trinajstić information content (AvgIpc) is 2.87. The third kappa shape index (κ3) is 3.82. The molecule has 4 heteroatoms. The van der Waals surface area contributed by atoms with Crippen LogP contribution in [0, 0.1) is 13.8 Å². The summed E-state index contributed by atoms with van der Waals surface area (Å²) in [6, 6.07) is 9.99. The third-order valence-electron chi connectivity index (χ3n) is 4.11. The quantitative estimate of drug-likeness (QED) is 0.816. The van der Waals surface area contributed by atoms with Gasteiger partial charge in [0.1, 0.15) is 0 Å². The van der Waals surface area contributed by atoms with Crippen LogP contribution < -0.4 is 0 Å². The van der Waals surface area contributed by atoms with E-state index in [-0.39, 0.29) is 11.7 Å². The van der Waals surface area contributed by atoms with Crippen molar-refractivity contribution in [3.05, 3.63) is 64.5 Å². The van der Waals surface area contributed by atoms with Crippen LogP contribution in [0.25, 0.3) is 6.08 Å². The van der Waals surface area contributed by atoms with Gasteiger partial charge in [-0.05, 0) is 31.9 Å². The highest BCUT2D eigenvalue weighted by Crippen LogP contribution is 2.20. The second-order valence-corrected chi connectivity index (χ2v) is 5.84. The van der Waals surface area contributed by atoms with E-state index in [1.54, 1.807) is 4.90 Å². The fraction of sp³-hybridized carbons (Fsp3) is 0.300. The maximum atomic E-state index is 12.9. The molecule has 0 fully saturated rings. The summed E-state index contributed by atoms with van der Waals surface area (Å²) < 4.78 is 0. The number of hydrogen-bond donors (Lipinski definition) is 1. The van der Waals surface area contributed by atoms with Crippen LogP contribution in [0.3, 0.4) is 0 Å². The minimum Gasteiger partial charge on any atom is -0.355 e. The summed E-state index contributed by atoms with van der Waals surface area (Å²) in [5.41, 5.74) is 3.71. The molecule has 0 bridgehead atoms. The van der Waals surface area contributed by atoms with Crippen molar-refractivity contribution in [2.45, 2.75) is 27.7 Å². The molecular formula is C20H24N2O2. The normalized spacial score (nSPS) is 11.0. The molecule has 0 saturated heterocycles. The number of carbonyl (C=O) groups excluding carboxylic acids is 2. The molecule has 1 aromatic carbocycles. The number of H-pyrrole nitrogens is 1. The summed E-state index contributed by atoms with van der Waals surface area (Å²) >= 11 is 0. The largest absolute Gasteiger partial charge is 0.355 e. The van der Waals surface area contributed by atoms with Crippen LogP contribution in [0.4, 0.5) is 0 Å². The number of hydrogen-bond acceptors (Lipinski definition) is 2. The first-order valence-corrected chi connectivity index (χ1v) is 8.16. The fourth-order valence-corrected chi connectivity index (χ4v) is 2.82. The Labute approximate surface area is 143 Å². The molecule has 1 aromatic heterocycles. The lowest BCUT2D eigenvalue weighted by Gasteiger charge is -2.19. The van der Waals surface area contributed by atoms with E-state index in [0.717, 1.165) is 16.8 Å². The summed E-state index contributed by atoms with van der Waals surface area (Å²) in [6.07, 6.45) is 3.99. The van der Waals surface area contributed by atoms with Gasteiger partial charge in [-0.1, -0.05) is 42.5 Å². The SMILES string of the molecule is CCN(CC=Cc1ccccc1)C(=O)c1c(C)[nH]c(C(C)=O)c1C. The van der Waals surface area contributed by atoms with Crippen molar-refractivity contribution in [1.82, 2.24) is 9.88 Å². The Morgan fingerprint density at radius 2 is 1.83 bits per heavy atom. The molecule has 24 heavy (non-hydrogen) atoms. The van der Waals surface area contributed by atoms with Crippen LogP contribution >= 0.6 is 0 Å². The molecule has 0 atom stereocenters. The molecule has 0 aliphatic heterocycles. The van der Waals surface area contributed by atoms with E-state index in [1.165, 1.54) is 6.92 Å². The van der Waals surface area contributed by atoms with Gasteiger partial charge in [-0.3, -0.25) is 9.59 Å². The summed E-state index contributed by atoms with van der Waals surface area (Å²) in [4.78, 5) is 29.3. The Kier molecular flexibility index (Phi) is 5.74. The van der Waals surface area contributed by atoms with Gasteiger partial charge in [0.25, 0.3) is 5.91 Å². The second-order valence-electron chi connectivity index (χ2n) is 5.84. The first-order chi connectivity index (χ1) is 11.5. The van der Waals surface area contributed by atoms with Crippen molar-refractivity contribution in [2.75, 3.05) is 13.1 Å². The molecule has 0 unspecified atom stereocenters. The Hall–Kier alpha value is -2.62. The summed E-state index contributed by atoms with van der Waals surface area (Å²) in [5.74, 6) is -0.101.